The van der Waals surface area contributed by atoms with Gasteiger partial charge >= 0.3 is 0 Å². The van der Waals surface area contributed by atoms with Crippen LogP contribution in [0.15, 0.2) is 23.7 Å². The van der Waals surface area contributed by atoms with E-state index in [-0.39, 0.29) is 0 Å². The van der Waals surface area contributed by atoms with Gasteiger partial charge in [0.15, 0.2) is 0 Å². The van der Waals surface area contributed by atoms with E-state index in [1.165, 1.54) is 36.1 Å². The standard InChI is InChI=1S/C15H19N3S/c1-18-12-3-4-13(18)7-11(6-12)17-10-2-5-14-15(8-10)19-9-16-14/h2,5,8-9,11-13,17H,3-4,6-7H2,1H3. The van der Waals surface area contributed by atoms with E-state index in [4.69, 9.17) is 0 Å². The maximum Gasteiger partial charge on any atom is 0.0813 e. The van der Waals surface area contributed by atoms with E-state index >= 15 is 0 Å². The van der Waals surface area contributed by atoms with Crippen LogP contribution in [-0.4, -0.2) is 35.1 Å². The molecule has 0 amide bonds. The van der Waals surface area contributed by atoms with Crippen molar-refractivity contribution in [3.63, 3.8) is 0 Å². The molecule has 4 rings (SSSR count). The number of hydrogen-bond acceptors (Lipinski definition) is 4. The van der Waals surface area contributed by atoms with Crippen molar-refractivity contribution < 1.29 is 0 Å². The van der Waals surface area contributed by atoms with Crippen LogP contribution in [0.1, 0.15) is 25.7 Å². The van der Waals surface area contributed by atoms with Gasteiger partial charge in [-0.2, -0.15) is 0 Å². The molecule has 1 aromatic heterocycles. The number of nitrogens with zero attached hydrogens (tertiary/aromatic N) is 2. The van der Waals surface area contributed by atoms with Gasteiger partial charge < -0.3 is 10.2 Å². The minimum Gasteiger partial charge on any atom is -0.382 e. The first-order valence-corrected chi connectivity index (χ1v) is 7.99. The Balaban J connectivity index is 1.52. The number of hydrogen-bond donors (Lipinski definition) is 1. The van der Waals surface area contributed by atoms with Gasteiger partial charge in [-0.1, -0.05) is 0 Å². The molecule has 3 heterocycles. The number of nitrogens with one attached hydrogen (secondary N) is 1. The molecule has 2 bridgehead atoms. The SMILES string of the molecule is CN1C2CCC1CC(Nc1ccc3ncsc3c1)C2. The highest BCUT2D eigenvalue weighted by Crippen LogP contribution is 2.35. The molecule has 19 heavy (non-hydrogen) atoms. The summed E-state index contributed by atoms with van der Waals surface area (Å²) in [5.41, 5.74) is 4.29. The van der Waals surface area contributed by atoms with Gasteiger partial charge in [0.05, 0.1) is 15.7 Å². The van der Waals surface area contributed by atoms with Crippen LogP contribution in [0.3, 0.4) is 0 Å². The Kier molecular flexibility index (Phi) is 2.74. The van der Waals surface area contributed by atoms with E-state index in [1.807, 2.05) is 5.51 Å². The van der Waals surface area contributed by atoms with Crippen molar-refractivity contribution in [2.75, 3.05) is 12.4 Å². The second-order valence-corrected chi connectivity index (χ2v) is 6.78. The van der Waals surface area contributed by atoms with Crippen LogP contribution in [0.5, 0.6) is 0 Å². The Labute approximate surface area is 117 Å². The summed E-state index contributed by atoms with van der Waals surface area (Å²) < 4.78 is 1.28. The summed E-state index contributed by atoms with van der Waals surface area (Å²) in [4.78, 5) is 6.92. The molecular formula is C15H19N3S. The average molecular weight is 273 g/mol. The highest BCUT2D eigenvalue weighted by Gasteiger charge is 2.38. The molecule has 2 atom stereocenters. The minimum absolute atomic E-state index is 0.638. The molecule has 2 unspecified atom stereocenters. The van der Waals surface area contributed by atoms with Crippen molar-refractivity contribution >= 4 is 27.2 Å². The third kappa shape index (κ3) is 2.03. The molecule has 2 aliphatic rings. The number of piperidine rings is 1. The zero-order valence-electron chi connectivity index (χ0n) is 11.2. The van der Waals surface area contributed by atoms with E-state index < -0.39 is 0 Å². The molecular weight excluding hydrogens is 254 g/mol. The molecule has 0 radical (unpaired) electrons. The Hall–Kier alpha value is -1.13. The second-order valence-electron chi connectivity index (χ2n) is 5.90. The van der Waals surface area contributed by atoms with Gasteiger partial charge in [0, 0.05) is 23.8 Å². The molecule has 2 aliphatic heterocycles. The predicted octanol–water partition coefficient (Wildman–Crippen LogP) is 3.33. The smallest absolute Gasteiger partial charge is 0.0813 e. The van der Waals surface area contributed by atoms with Gasteiger partial charge in [-0.15, -0.1) is 11.3 Å². The molecule has 100 valence electrons. The Morgan fingerprint density at radius 3 is 2.84 bits per heavy atom. The summed E-state index contributed by atoms with van der Waals surface area (Å²) in [6.45, 7) is 0. The first kappa shape index (κ1) is 11.7. The van der Waals surface area contributed by atoms with Crippen LogP contribution < -0.4 is 5.32 Å². The summed E-state index contributed by atoms with van der Waals surface area (Å²) in [6.07, 6.45) is 5.34. The second kappa shape index (κ2) is 4.46. The monoisotopic (exact) mass is 273 g/mol. The quantitative estimate of drug-likeness (QED) is 0.909. The maximum atomic E-state index is 4.33. The highest BCUT2D eigenvalue weighted by molar-refractivity contribution is 7.16. The zero-order chi connectivity index (χ0) is 12.8. The van der Waals surface area contributed by atoms with Crippen LogP contribution in [0.2, 0.25) is 0 Å². The zero-order valence-corrected chi connectivity index (χ0v) is 12.0. The maximum absolute atomic E-state index is 4.33. The van der Waals surface area contributed by atoms with Crippen molar-refractivity contribution in [3.05, 3.63) is 23.7 Å². The number of thiazole rings is 1. The van der Waals surface area contributed by atoms with Gasteiger partial charge in [0.25, 0.3) is 0 Å². The Morgan fingerprint density at radius 1 is 1.26 bits per heavy atom. The normalized spacial score (nSPS) is 30.9. The van der Waals surface area contributed by atoms with E-state index in [0.29, 0.717) is 6.04 Å². The summed E-state index contributed by atoms with van der Waals surface area (Å²) in [7, 11) is 2.29. The Morgan fingerprint density at radius 2 is 2.05 bits per heavy atom. The number of benzene rings is 1. The fourth-order valence-electron chi connectivity index (χ4n) is 3.71. The number of fused-ring (bicyclic) bond motifs is 3. The van der Waals surface area contributed by atoms with Gasteiger partial charge in [0.2, 0.25) is 0 Å². The molecule has 0 aliphatic carbocycles. The average Bonchev–Trinajstić information content (AvgIpc) is 2.92. The topological polar surface area (TPSA) is 28.2 Å². The van der Waals surface area contributed by atoms with Crippen LogP contribution in [0, 0.1) is 0 Å². The first-order valence-electron chi connectivity index (χ1n) is 7.11. The van der Waals surface area contributed by atoms with Gasteiger partial charge in [-0.3, -0.25) is 0 Å². The van der Waals surface area contributed by atoms with Gasteiger partial charge in [-0.05, 0) is 50.9 Å². The molecule has 1 N–H and O–H groups in total. The molecule has 3 nitrogen and oxygen atoms in total. The summed E-state index contributed by atoms with van der Waals surface area (Å²) in [5, 5.41) is 3.74. The van der Waals surface area contributed by atoms with Crippen LogP contribution in [0.25, 0.3) is 10.2 Å². The van der Waals surface area contributed by atoms with Crippen molar-refractivity contribution in [1.82, 2.24) is 9.88 Å². The molecule has 0 saturated carbocycles. The predicted molar refractivity (Wildman–Crippen MR) is 80.8 cm³/mol. The molecule has 0 spiro atoms. The van der Waals surface area contributed by atoms with Crippen LogP contribution in [0.4, 0.5) is 5.69 Å². The van der Waals surface area contributed by atoms with Crippen LogP contribution >= 0.6 is 11.3 Å². The molecule has 2 fully saturated rings. The Bertz CT molecular complexity index is 580. The van der Waals surface area contributed by atoms with E-state index in [1.54, 1.807) is 11.3 Å². The summed E-state index contributed by atoms with van der Waals surface area (Å²) in [6, 6.07) is 8.76. The molecule has 1 aromatic carbocycles. The van der Waals surface area contributed by atoms with Gasteiger partial charge in [0.1, 0.15) is 0 Å². The lowest BCUT2D eigenvalue weighted by molar-refractivity contribution is 0.169. The minimum atomic E-state index is 0.638. The van der Waals surface area contributed by atoms with Crippen LogP contribution in [-0.2, 0) is 0 Å². The highest BCUT2D eigenvalue weighted by atomic mass is 32.1. The van der Waals surface area contributed by atoms with E-state index in [2.05, 4.69) is 40.4 Å². The fourth-order valence-corrected chi connectivity index (χ4v) is 4.43. The van der Waals surface area contributed by atoms with E-state index in [0.717, 1.165) is 17.6 Å². The largest absolute Gasteiger partial charge is 0.382 e. The van der Waals surface area contributed by atoms with Gasteiger partial charge in [-0.25, -0.2) is 4.98 Å². The summed E-state index contributed by atoms with van der Waals surface area (Å²) in [5.74, 6) is 0. The molecule has 4 heteroatoms. The van der Waals surface area contributed by atoms with Crippen molar-refractivity contribution in [3.8, 4) is 0 Å². The number of rotatable bonds is 2. The fraction of sp³-hybridized carbons (Fsp3) is 0.533. The number of aromatic nitrogens is 1. The molecule has 2 aromatic rings. The lowest BCUT2D eigenvalue weighted by atomic mass is 9.98. The van der Waals surface area contributed by atoms with Crippen molar-refractivity contribution in [2.24, 2.45) is 0 Å². The third-order valence-electron chi connectivity index (χ3n) is 4.80. The molecule has 2 saturated heterocycles. The van der Waals surface area contributed by atoms with Crippen molar-refractivity contribution in [1.29, 1.82) is 0 Å². The van der Waals surface area contributed by atoms with E-state index in [9.17, 15) is 0 Å². The lowest BCUT2D eigenvalue weighted by Gasteiger charge is -2.37. The number of anilines is 1. The lowest BCUT2D eigenvalue weighted by Crippen LogP contribution is -2.44. The first-order chi connectivity index (χ1) is 9.29. The van der Waals surface area contributed by atoms with Crippen molar-refractivity contribution in [2.45, 2.75) is 43.8 Å². The summed E-state index contributed by atoms with van der Waals surface area (Å²) >= 11 is 1.72. The third-order valence-corrected chi connectivity index (χ3v) is 5.59.